The van der Waals surface area contributed by atoms with Crippen LogP contribution < -0.4 is 38.9 Å². The average Bonchev–Trinajstić information content (AvgIpc) is 3.43. The zero-order valence-corrected chi connectivity index (χ0v) is 22.7. The van der Waals surface area contributed by atoms with Crippen LogP contribution in [0.2, 0.25) is 0 Å². The lowest BCUT2D eigenvalue weighted by Crippen LogP contribution is -2.58. The van der Waals surface area contributed by atoms with E-state index in [1.807, 2.05) is 0 Å². The van der Waals surface area contributed by atoms with E-state index in [0.29, 0.717) is 11.3 Å². The highest BCUT2D eigenvalue weighted by Gasteiger charge is 2.31. The summed E-state index contributed by atoms with van der Waals surface area (Å²) in [6, 6.07) is 0.384. The van der Waals surface area contributed by atoms with Gasteiger partial charge in [0, 0.05) is 31.3 Å². The molecule has 2 aromatic rings. The summed E-state index contributed by atoms with van der Waals surface area (Å²) in [6.07, 6.45) is 2.46. The van der Waals surface area contributed by atoms with Gasteiger partial charge in [-0.2, -0.15) is 0 Å². The van der Waals surface area contributed by atoms with Crippen molar-refractivity contribution in [3.8, 4) is 5.75 Å². The molecule has 0 fully saturated rings. The SMILES string of the molecule is NC(=O)CC(NC(=O)C(CCCN=C(N)N)NC(=O)C(N)Cc1cnc[nH]1)C(=O)NC(Cc1ccc(O)cc1)C(=O)O. The Bertz CT molecular complexity index is 1250. The molecule has 0 radical (unpaired) electrons. The largest absolute Gasteiger partial charge is 0.508 e. The number of primary amides is 1. The molecule has 4 atom stereocenters. The normalized spacial score (nSPS) is 13.5. The van der Waals surface area contributed by atoms with Gasteiger partial charge in [0.25, 0.3) is 0 Å². The molecule has 4 unspecified atom stereocenters. The molecule has 1 aromatic heterocycles. The Balaban J connectivity index is 2.16. The number of carbonyl (C=O) groups excluding carboxylic acids is 4. The topological polar surface area (TPSA) is 307 Å². The number of aromatic hydroxyl groups is 1. The Kier molecular flexibility index (Phi) is 12.7. The van der Waals surface area contributed by atoms with Gasteiger partial charge in [-0.05, 0) is 30.5 Å². The number of amides is 4. The first kappa shape index (κ1) is 33.0. The predicted octanol–water partition coefficient (Wildman–Crippen LogP) is -3.30. The summed E-state index contributed by atoms with van der Waals surface area (Å²) in [4.78, 5) is 73.1. The highest BCUT2D eigenvalue weighted by molar-refractivity contribution is 5.96. The number of phenols is 1. The first-order valence-corrected chi connectivity index (χ1v) is 12.8. The lowest BCUT2D eigenvalue weighted by Gasteiger charge is -2.24. The third-order valence-electron chi connectivity index (χ3n) is 5.94. The number of aromatic amines is 1. The van der Waals surface area contributed by atoms with Gasteiger partial charge in [-0.3, -0.25) is 24.2 Å². The number of imidazole rings is 1. The number of guanidine groups is 1. The number of carbonyl (C=O) groups is 5. The highest BCUT2D eigenvalue weighted by atomic mass is 16.4. The second-order valence-electron chi connectivity index (χ2n) is 9.40. The van der Waals surface area contributed by atoms with Crippen LogP contribution in [-0.2, 0) is 36.8 Å². The number of hydrogen-bond donors (Lipinski definition) is 10. The molecule has 0 bridgehead atoms. The molecule has 42 heavy (non-hydrogen) atoms. The highest BCUT2D eigenvalue weighted by Crippen LogP contribution is 2.12. The number of nitrogens with zero attached hydrogens (tertiary/aromatic N) is 2. The minimum absolute atomic E-state index is 0.0225. The van der Waals surface area contributed by atoms with Gasteiger partial charge in [0.2, 0.25) is 23.6 Å². The zero-order valence-electron chi connectivity index (χ0n) is 22.7. The zero-order chi connectivity index (χ0) is 31.2. The van der Waals surface area contributed by atoms with Crippen molar-refractivity contribution in [3.05, 3.63) is 48.0 Å². The third-order valence-corrected chi connectivity index (χ3v) is 5.94. The van der Waals surface area contributed by atoms with Gasteiger partial charge in [-0.1, -0.05) is 12.1 Å². The van der Waals surface area contributed by atoms with Gasteiger partial charge in [0.1, 0.15) is 23.9 Å². The van der Waals surface area contributed by atoms with E-state index < -0.39 is 60.2 Å². The summed E-state index contributed by atoms with van der Waals surface area (Å²) < 4.78 is 0. The predicted molar refractivity (Wildman–Crippen MR) is 149 cm³/mol. The molecule has 0 spiro atoms. The quantitative estimate of drug-likeness (QED) is 0.0495. The molecule has 2 rings (SSSR count). The Morgan fingerprint density at radius 2 is 1.52 bits per heavy atom. The van der Waals surface area contributed by atoms with Crippen LogP contribution >= 0.6 is 0 Å². The summed E-state index contributed by atoms with van der Waals surface area (Å²) in [7, 11) is 0. The molecular formula is C25H36N10O7. The standard InChI is InChI=1S/C25H36N10O7/c26-16(9-14-11-30-12-32-14)21(38)33-17(2-1-7-31-25(28)29)22(39)34-18(10-20(27)37)23(40)35-19(24(41)42)8-13-3-5-15(36)6-4-13/h3-6,11-12,16-19,36H,1-2,7-10,26H2,(H2,27,37)(H,30,32)(H,33,38)(H,34,39)(H,35,40)(H,41,42)(H4,28,29,31). The minimum atomic E-state index is -1.56. The van der Waals surface area contributed by atoms with E-state index in [0.717, 1.165) is 0 Å². The van der Waals surface area contributed by atoms with Crippen LogP contribution in [0.1, 0.15) is 30.5 Å². The maximum Gasteiger partial charge on any atom is 0.326 e. The first-order chi connectivity index (χ1) is 19.8. The number of nitrogens with one attached hydrogen (secondary N) is 4. The van der Waals surface area contributed by atoms with Crippen LogP contribution in [0.5, 0.6) is 5.75 Å². The number of carboxylic acids is 1. The van der Waals surface area contributed by atoms with E-state index in [1.54, 1.807) is 0 Å². The molecule has 0 aliphatic heterocycles. The van der Waals surface area contributed by atoms with Crippen molar-refractivity contribution in [1.82, 2.24) is 25.9 Å². The van der Waals surface area contributed by atoms with Crippen molar-refractivity contribution in [2.24, 2.45) is 27.9 Å². The summed E-state index contributed by atoms with van der Waals surface area (Å²) >= 11 is 0. The number of hydrogen-bond acceptors (Lipinski definition) is 9. The second kappa shape index (κ2) is 16.2. The maximum atomic E-state index is 13.2. The van der Waals surface area contributed by atoms with Crippen molar-refractivity contribution >= 4 is 35.6 Å². The van der Waals surface area contributed by atoms with Gasteiger partial charge >= 0.3 is 5.97 Å². The number of phenolic OH excluding ortho intramolecular Hbond substituents is 1. The smallest absolute Gasteiger partial charge is 0.326 e. The monoisotopic (exact) mass is 588 g/mol. The number of carboxylic acid groups (broad SMARTS) is 1. The molecule has 0 aliphatic rings. The van der Waals surface area contributed by atoms with E-state index in [-0.39, 0.29) is 43.9 Å². The van der Waals surface area contributed by atoms with E-state index in [2.05, 4.69) is 30.9 Å². The van der Waals surface area contributed by atoms with Gasteiger partial charge in [0.15, 0.2) is 5.96 Å². The average molecular weight is 589 g/mol. The summed E-state index contributed by atoms with van der Waals surface area (Å²) in [5.74, 6) is -5.04. The van der Waals surface area contributed by atoms with Gasteiger partial charge in [-0.15, -0.1) is 0 Å². The number of benzene rings is 1. The number of nitrogens with two attached hydrogens (primary N) is 4. The van der Waals surface area contributed by atoms with Crippen LogP contribution in [-0.4, -0.2) is 86.5 Å². The Labute approximate surface area is 240 Å². The fraction of sp³-hybridized carbons (Fsp3) is 0.400. The van der Waals surface area contributed by atoms with Crippen LogP contribution in [0, 0.1) is 0 Å². The van der Waals surface area contributed by atoms with Gasteiger partial charge < -0.3 is 54.1 Å². The fourth-order valence-corrected chi connectivity index (χ4v) is 3.80. The Morgan fingerprint density at radius 3 is 2.10 bits per heavy atom. The van der Waals surface area contributed by atoms with E-state index in [1.165, 1.54) is 36.8 Å². The van der Waals surface area contributed by atoms with E-state index in [4.69, 9.17) is 22.9 Å². The number of aliphatic imine (C=N–C) groups is 1. The molecule has 0 saturated carbocycles. The second-order valence-corrected chi connectivity index (χ2v) is 9.40. The molecule has 228 valence electrons. The Hall–Kier alpha value is -5.19. The molecule has 17 heteroatoms. The maximum absolute atomic E-state index is 13.2. The molecule has 4 amide bonds. The van der Waals surface area contributed by atoms with E-state index in [9.17, 15) is 34.2 Å². The molecule has 1 aromatic carbocycles. The van der Waals surface area contributed by atoms with Gasteiger partial charge in [0.05, 0.1) is 18.8 Å². The molecule has 0 aliphatic carbocycles. The lowest BCUT2D eigenvalue weighted by atomic mass is 10.0. The first-order valence-electron chi connectivity index (χ1n) is 12.8. The molecule has 17 nitrogen and oxygen atoms in total. The van der Waals surface area contributed by atoms with Crippen molar-refractivity contribution in [2.75, 3.05) is 6.54 Å². The van der Waals surface area contributed by atoms with Crippen LogP contribution in [0.3, 0.4) is 0 Å². The number of aliphatic carboxylic acids is 1. The molecule has 14 N–H and O–H groups in total. The van der Waals surface area contributed by atoms with Crippen molar-refractivity contribution in [3.63, 3.8) is 0 Å². The number of aromatic nitrogens is 2. The molecule has 1 heterocycles. The number of rotatable bonds is 17. The summed E-state index contributed by atoms with van der Waals surface area (Å²) in [5.41, 5.74) is 23.0. The van der Waals surface area contributed by atoms with Crippen LogP contribution in [0.4, 0.5) is 0 Å². The van der Waals surface area contributed by atoms with Crippen molar-refractivity contribution < 1.29 is 34.2 Å². The summed E-state index contributed by atoms with van der Waals surface area (Å²) in [6.45, 7) is 0.130. The fourth-order valence-electron chi connectivity index (χ4n) is 3.80. The molecular weight excluding hydrogens is 552 g/mol. The molecule has 0 saturated heterocycles. The van der Waals surface area contributed by atoms with Crippen molar-refractivity contribution in [1.29, 1.82) is 0 Å². The minimum Gasteiger partial charge on any atom is -0.508 e. The van der Waals surface area contributed by atoms with Crippen LogP contribution in [0.15, 0.2) is 41.8 Å². The third kappa shape index (κ3) is 11.5. The van der Waals surface area contributed by atoms with E-state index >= 15 is 0 Å². The summed E-state index contributed by atoms with van der Waals surface area (Å²) in [5, 5.41) is 26.3. The Morgan fingerprint density at radius 1 is 0.905 bits per heavy atom. The van der Waals surface area contributed by atoms with Crippen LogP contribution in [0.25, 0.3) is 0 Å². The van der Waals surface area contributed by atoms with Crippen molar-refractivity contribution in [2.45, 2.75) is 56.3 Å². The van der Waals surface area contributed by atoms with Gasteiger partial charge in [-0.25, -0.2) is 9.78 Å². The lowest BCUT2D eigenvalue weighted by molar-refractivity contribution is -0.142. The number of H-pyrrole nitrogens is 1.